The van der Waals surface area contributed by atoms with Crippen LogP contribution in [-0.2, 0) is 14.4 Å². The summed E-state index contributed by atoms with van der Waals surface area (Å²) < 4.78 is 0. The molecule has 0 aliphatic carbocycles. The zero-order chi connectivity index (χ0) is 24.0. The predicted molar refractivity (Wildman–Crippen MR) is 124 cm³/mol. The average molecular weight is 475 g/mol. The quantitative estimate of drug-likeness (QED) is 0.347. The Morgan fingerprint density at radius 3 is 2.55 bits per heavy atom. The third-order valence-corrected chi connectivity index (χ3v) is 8.39. The summed E-state index contributed by atoms with van der Waals surface area (Å²) in [5.41, 5.74) is 13.2. The standard InChI is InChI=1S/C23H30N4O5S/c1-10-19-18(11(2)28)22(30)27(19)20(23(31)32)21(10)33-14-7-16(26-9-14)13-5-3-12(4-6-13)15(24)8-17(25)29/h3-6,10-11,14-16,18-19,26,28H,7-9,24H2,1-2H3,(H2,25,29)(H,31,32)/t10-,11-,14+,15-,16-,18-,19-/m1/s1. The number of carbonyl (C=O) groups is 3. The molecule has 0 radical (unpaired) electrons. The number of carboxylic acids is 1. The van der Waals surface area contributed by atoms with Crippen LogP contribution in [0, 0.1) is 11.8 Å². The fraction of sp³-hybridized carbons (Fsp3) is 0.522. The number of nitrogens with zero attached hydrogens (tertiary/aromatic N) is 1. The topological polar surface area (TPSA) is 159 Å². The van der Waals surface area contributed by atoms with E-state index in [2.05, 4.69) is 5.32 Å². The second-order valence-corrected chi connectivity index (χ2v) is 10.5. The molecule has 9 nitrogen and oxygen atoms in total. The summed E-state index contributed by atoms with van der Waals surface area (Å²) in [6.07, 6.45) is 0.0890. The average Bonchev–Trinajstić information content (AvgIpc) is 3.30. The Bertz CT molecular complexity index is 995. The third-order valence-electron chi connectivity index (χ3n) is 6.88. The van der Waals surface area contributed by atoms with E-state index in [1.54, 1.807) is 6.92 Å². The smallest absolute Gasteiger partial charge is 0.353 e. The summed E-state index contributed by atoms with van der Waals surface area (Å²) in [6, 6.07) is 7.16. The SMILES string of the molecule is C[C@@H](O)[C@H]1C(=O)N2C(C(=O)O)=C(S[C@@H]3CN[C@@H](c4ccc([C@H](N)CC(N)=O)cc4)C3)[C@H](C)[C@H]12. The molecule has 178 valence electrons. The van der Waals surface area contributed by atoms with E-state index >= 15 is 0 Å². The Morgan fingerprint density at radius 2 is 1.97 bits per heavy atom. The van der Waals surface area contributed by atoms with Crippen LogP contribution >= 0.6 is 11.8 Å². The molecule has 1 aromatic carbocycles. The van der Waals surface area contributed by atoms with Crippen LogP contribution in [-0.4, -0.2) is 56.8 Å². The highest BCUT2D eigenvalue weighted by Crippen LogP contribution is 2.52. The molecule has 7 N–H and O–H groups in total. The van der Waals surface area contributed by atoms with Crippen LogP contribution in [0.5, 0.6) is 0 Å². The van der Waals surface area contributed by atoms with Gasteiger partial charge in [0.05, 0.1) is 18.1 Å². The Labute approximate surface area is 196 Å². The molecule has 2 amide bonds. The van der Waals surface area contributed by atoms with Crippen molar-refractivity contribution in [2.45, 2.75) is 56.2 Å². The number of nitrogens with one attached hydrogen (secondary N) is 1. The van der Waals surface area contributed by atoms with Crippen molar-refractivity contribution in [3.63, 3.8) is 0 Å². The normalized spacial score (nSPS) is 30.7. The zero-order valence-corrected chi connectivity index (χ0v) is 19.4. The Kier molecular flexibility index (Phi) is 6.54. The van der Waals surface area contributed by atoms with Gasteiger partial charge in [-0.05, 0) is 24.5 Å². The fourth-order valence-corrected chi connectivity index (χ4v) is 6.69. The minimum absolute atomic E-state index is 0.0654. The number of primary amides is 1. The largest absolute Gasteiger partial charge is 0.477 e. The van der Waals surface area contributed by atoms with Gasteiger partial charge in [-0.15, -0.1) is 11.8 Å². The molecule has 7 atom stereocenters. The molecule has 4 rings (SSSR count). The van der Waals surface area contributed by atoms with E-state index in [9.17, 15) is 24.6 Å². The monoisotopic (exact) mass is 474 g/mol. The first-order valence-corrected chi connectivity index (χ1v) is 12.0. The van der Waals surface area contributed by atoms with Crippen LogP contribution in [0.15, 0.2) is 34.9 Å². The van der Waals surface area contributed by atoms with Crippen molar-refractivity contribution in [2.24, 2.45) is 23.3 Å². The van der Waals surface area contributed by atoms with E-state index in [1.165, 1.54) is 16.7 Å². The number of carbonyl (C=O) groups excluding carboxylic acids is 2. The number of rotatable bonds is 8. The molecule has 33 heavy (non-hydrogen) atoms. The molecule has 2 saturated heterocycles. The molecule has 3 heterocycles. The Morgan fingerprint density at radius 1 is 1.30 bits per heavy atom. The summed E-state index contributed by atoms with van der Waals surface area (Å²) >= 11 is 1.53. The zero-order valence-electron chi connectivity index (χ0n) is 18.6. The third kappa shape index (κ3) is 4.28. The van der Waals surface area contributed by atoms with Crippen LogP contribution in [0.25, 0.3) is 0 Å². The molecule has 2 fully saturated rings. The lowest BCUT2D eigenvalue weighted by Gasteiger charge is -2.46. The molecule has 3 aliphatic heterocycles. The molecule has 0 spiro atoms. The summed E-state index contributed by atoms with van der Waals surface area (Å²) in [4.78, 5) is 37.7. The summed E-state index contributed by atoms with van der Waals surface area (Å²) in [6.45, 7) is 4.22. The van der Waals surface area contributed by atoms with Gasteiger partial charge < -0.3 is 31.9 Å². The lowest BCUT2D eigenvalue weighted by atomic mass is 9.79. The van der Waals surface area contributed by atoms with Crippen molar-refractivity contribution in [3.8, 4) is 0 Å². The summed E-state index contributed by atoms with van der Waals surface area (Å²) in [7, 11) is 0. The number of β-lactam (4-membered cyclic amide) rings is 1. The van der Waals surface area contributed by atoms with Crippen molar-refractivity contribution in [1.29, 1.82) is 0 Å². The first-order valence-electron chi connectivity index (χ1n) is 11.1. The first-order chi connectivity index (χ1) is 15.6. The first kappa shape index (κ1) is 23.7. The van der Waals surface area contributed by atoms with Crippen LogP contribution in [0.2, 0.25) is 0 Å². The van der Waals surface area contributed by atoms with Gasteiger partial charge in [0.25, 0.3) is 0 Å². The second-order valence-electron chi connectivity index (χ2n) is 9.15. The molecule has 0 bridgehead atoms. The number of nitrogens with two attached hydrogens (primary N) is 2. The number of thioether (sulfide) groups is 1. The van der Waals surface area contributed by atoms with Gasteiger partial charge in [0.2, 0.25) is 11.8 Å². The summed E-state index contributed by atoms with van der Waals surface area (Å²) in [5, 5.41) is 23.5. The van der Waals surface area contributed by atoms with Gasteiger partial charge in [0.1, 0.15) is 5.70 Å². The molecular weight excluding hydrogens is 444 g/mol. The van der Waals surface area contributed by atoms with Gasteiger partial charge in [-0.3, -0.25) is 9.59 Å². The van der Waals surface area contributed by atoms with Gasteiger partial charge >= 0.3 is 5.97 Å². The molecule has 10 heteroatoms. The number of hydrogen-bond acceptors (Lipinski definition) is 7. The molecule has 1 aromatic rings. The van der Waals surface area contributed by atoms with Crippen molar-refractivity contribution < 1.29 is 24.6 Å². The van der Waals surface area contributed by atoms with E-state index in [0.29, 0.717) is 11.4 Å². The van der Waals surface area contributed by atoms with Gasteiger partial charge in [0.15, 0.2) is 0 Å². The maximum atomic E-state index is 12.5. The maximum Gasteiger partial charge on any atom is 0.353 e. The van der Waals surface area contributed by atoms with Crippen LogP contribution in [0.3, 0.4) is 0 Å². The highest BCUT2D eigenvalue weighted by atomic mass is 32.2. The van der Waals surface area contributed by atoms with E-state index in [4.69, 9.17) is 11.5 Å². The number of fused-ring (bicyclic) bond motifs is 1. The lowest BCUT2D eigenvalue weighted by molar-refractivity contribution is -0.163. The number of hydrogen-bond donors (Lipinski definition) is 5. The van der Waals surface area contributed by atoms with E-state index in [-0.39, 0.29) is 41.3 Å². The van der Waals surface area contributed by atoms with Crippen molar-refractivity contribution in [1.82, 2.24) is 10.2 Å². The lowest BCUT2D eigenvalue weighted by Crippen LogP contribution is -2.63. The van der Waals surface area contributed by atoms with Gasteiger partial charge in [-0.25, -0.2) is 4.79 Å². The van der Waals surface area contributed by atoms with Crippen molar-refractivity contribution in [2.75, 3.05) is 6.54 Å². The van der Waals surface area contributed by atoms with Crippen LogP contribution < -0.4 is 16.8 Å². The van der Waals surface area contributed by atoms with Gasteiger partial charge in [0, 0.05) is 41.1 Å². The molecule has 3 aliphatic rings. The van der Waals surface area contributed by atoms with E-state index in [1.807, 2.05) is 31.2 Å². The Hall–Kier alpha value is -2.40. The molecule has 0 unspecified atom stereocenters. The predicted octanol–water partition coefficient (Wildman–Crippen LogP) is 0.852. The minimum Gasteiger partial charge on any atom is -0.477 e. The maximum absolute atomic E-state index is 12.5. The van der Waals surface area contributed by atoms with Gasteiger partial charge in [-0.1, -0.05) is 31.2 Å². The minimum atomic E-state index is -1.10. The number of aliphatic hydroxyl groups is 1. The van der Waals surface area contributed by atoms with Crippen molar-refractivity contribution in [3.05, 3.63) is 46.0 Å². The van der Waals surface area contributed by atoms with Crippen LogP contribution in [0.4, 0.5) is 0 Å². The van der Waals surface area contributed by atoms with E-state index < -0.39 is 29.9 Å². The number of aliphatic carboxylic acids is 1. The summed E-state index contributed by atoms with van der Waals surface area (Å²) in [5.74, 6) is -2.54. The van der Waals surface area contributed by atoms with Crippen molar-refractivity contribution >= 4 is 29.5 Å². The number of carboxylic acid groups (broad SMARTS) is 1. The Balaban J connectivity index is 1.44. The number of benzene rings is 1. The highest BCUT2D eigenvalue weighted by Gasteiger charge is 2.60. The number of amides is 2. The number of aliphatic hydroxyl groups excluding tert-OH is 1. The highest BCUT2D eigenvalue weighted by molar-refractivity contribution is 8.03. The molecular formula is C23H30N4O5S. The molecule has 0 aromatic heterocycles. The van der Waals surface area contributed by atoms with E-state index in [0.717, 1.165) is 17.5 Å². The molecule has 0 saturated carbocycles. The second kappa shape index (κ2) is 9.09. The fourth-order valence-electron chi connectivity index (χ4n) is 5.22. The van der Waals surface area contributed by atoms with Gasteiger partial charge in [-0.2, -0.15) is 0 Å². The van der Waals surface area contributed by atoms with Crippen LogP contribution in [0.1, 0.15) is 49.9 Å².